The van der Waals surface area contributed by atoms with Crippen LogP contribution < -0.4 is 4.90 Å². The summed E-state index contributed by atoms with van der Waals surface area (Å²) in [5.74, 6) is -1.32. The van der Waals surface area contributed by atoms with Gasteiger partial charge in [0, 0.05) is 44.5 Å². The fourth-order valence-electron chi connectivity index (χ4n) is 5.02. The van der Waals surface area contributed by atoms with Crippen molar-refractivity contribution < 1.29 is 36.2 Å². The molecule has 14 heteroatoms. The Labute approximate surface area is 264 Å². The molecule has 1 aliphatic heterocycles. The largest absolute Gasteiger partial charge is 0.490 e. The predicted octanol–water partition coefficient (Wildman–Crippen LogP) is 7.14. The van der Waals surface area contributed by atoms with Gasteiger partial charge in [-0.3, -0.25) is 4.90 Å². The van der Waals surface area contributed by atoms with E-state index in [9.17, 15) is 26.3 Å². The molecule has 0 amide bonds. The van der Waals surface area contributed by atoms with Crippen LogP contribution in [0.15, 0.2) is 85.1 Å². The minimum Gasteiger partial charge on any atom is -0.475 e. The number of carboxylic acid groups (broad SMARTS) is 1. The molecule has 1 aliphatic rings. The van der Waals surface area contributed by atoms with Gasteiger partial charge in [0.25, 0.3) is 0 Å². The maximum Gasteiger partial charge on any atom is 0.490 e. The summed E-state index contributed by atoms with van der Waals surface area (Å²) in [6.45, 7) is 4.43. The second-order valence-electron chi connectivity index (χ2n) is 10.7. The van der Waals surface area contributed by atoms with E-state index in [4.69, 9.17) is 15.2 Å². The van der Waals surface area contributed by atoms with E-state index >= 15 is 0 Å². The van der Waals surface area contributed by atoms with Crippen molar-refractivity contribution in [2.24, 2.45) is 0 Å². The van der Waals surface area contributed by atoms with E-state index in [0.717, 1.165) is 67.4 Å². The molecule has 242 valence electrons. The minimum absolute atomic E-state index is 0.357. The van der Waals surface area contributed by atoms with Crippen molar-refractivity contribution in [1.29, 1.82) is 5.26 Å². The number of carbonyl (C=O) groups is 1. The van der Waals surface area contributed by atoms with E-state index in [1.807, 2.05) is 30.3 Å². The molecule has 3 aromatic carbocycles. The van der Waals surface area contributed by atoms with Crippen molar-refractivity contribution in [3.05, 3.63) is 102 Å². The monoisotopic (exact) mass is 652 g/mol. The van der Waals surface area contributed by atoms with Gasteiger partial charge in [0.15, 0.2) is 0 Å². The number of aromatic nitrogens is 3. The Morgan fingerprint density at radius 1 is 0.872 bits per heavy atom. The first-order valence-electron chi connectivity index (χ1n) is 14.2. The number of nitrogens with one attached hydrogen (secondary N) is 1. The Morgan fingerprint density at radius 2 is 1.55 bits per heavy atom. The topological polar surface area (TPSA) is 109 Å². The van der Waals surface area contributed by atoms with Gasteiger partial charge in [-0.25, -0.2) is 14.8 Å². The van der Waals surface area contributed by atoms with Gasteiger partial charge in [0.05, 0.1) is 22.2 Å². The van der Waals surface area contributed by atoms with Gasteiger partial charge in [0.2, 0.25) is 0 Å². The average molecular weight is 653 g/mol. The molecule has 1 saturated heterocycles. The van der Waals surface area contributed by atoms with Crippen LogP contribution in [-0.4, -0.2) is 63.3 Å². The number of carboxylic acids is 1. The van der Waals surface area contributed by atoms with Crippen LogP contribution in [0.5, 0.6) is 0 Å². The Morgan fingerprint density at radius 3 is 2.15 bits per heavy atom. The number of nitrogens with zero attached hydrogens (tertiary/aromatic N) is 5. The van der Waals surface area contributed by atoms with Crippen LogP contribution in [0.3, 0.4) is 0 Å². The molecule has 8 nitrogen and oxygen atoms in total. The molecule has 0 saturated carbocycles. The zero-order valence-electron chi connectivity index (χ0n) is 24.5. The van der Waals surface area contributed by atoms with Crippen LogP contribution >= 0.6 is 0 Å². The molecule has 0 bridgehead atoms. The summed E-state index contributed by atoms with van der Waals surface area (Å²) in [5.41, 5.74) is 4.90. The fraction of sp³-hybridized carbons (Fsp3) is 0.212. The van der Waals surface area contributed by atoms with Crippen molar-refractivity contribution in [3.63, 3.8) is 0 Å². The molecule has 5 aromatic rings. The molecule has 0 radical (unpaired) electrons. The standard InChI is InChI=1S/C31H25F3N6.C2HF3O2/c32-31(33,34)26-9-10-27-28(17-26)38-30(37-27)24-7-5-23(6-8-24)25-3-1-2-21(16-25)20-39-12-14-40(15-13-39)29-11-4-22(18-35)19-36-29;3-2(4,5)1(6)7/h1-11,16-17,19H,12-15,20H2,(H,37,38);(H,6,7). The number of alkyl halides is 6. The maximum atomic E-state index is 13.1. The molecule has 0 spiro atoms. The molecule has 3 heterocycles. The molecular weight excluding hydrogens is 626 g/mol. The second-order valence-corrected chi connectivity index (χ2v) is 10.7. The number of pyridine rings is 1. The Balaban J connectivity index is 0.000000559. The van der Waals surface area contributed by atoms with Crippen LogP contribution in [-0.2, 0) is 17.5 Å². The first-order chi connectivity index (χ1) is 22.3. The molecule has 0 atom stereocenters. The third-order valence-electron chi connectivity index (χ3n) is 7.45. The number of hydrogen-bond donors (Lipinski definition) is 2. The first kappa shape index (κ1) is 33.0. The second kappa shape index (κ2) is 13.5. The summed E-state index contributed by atoms with van der Waals surface area (Å²) in [6.07, 6.45) is -7.86. The van der Waals surface area contributed by atoms with Gasteiger partial charge < -0.3 is 15.0 Å². The normalized spacial score (nSPS) is 13.9. The number of nitriles is 1. The van der Waals surface area contributed by atoms with Crippen molar-refractivity contribution in [2.75, 3.05) is 31.1 Å². The number of fused-ring (bicyclic) bond motifs is 1. The first-order valence-corrected chi connectivity index (χ1v) is 14.2. The van der Waals surface area contributed by atoms with Crippen LogP contribution in [0.1, 0.15) is 16.7 Å². The molecular formula is C33H26F6N6O2. The number of aromatic amines is 1. The van der Waals surface area contributed by atoms with Crippen LogP contribution in [0.25, 0.3) is 33.5 Å². The van der Waals surface area contributed by atoms with E-state index < -0.39 is 23.9 Å². The molecule has 47 heavy (non-hydrogen) atoms. The van der Waals surface area contributed by atoms with E-state index in [2.05, 4.69) is 55.1 Å². The maximum absolute atomic E-state index is 13.1. The highest BCUT2D eigenvalue weighted by molar-refractivity contribution is 5.80. The number of anilines is 1. The molecule has 0 unspecified atom stereocenters. The lowest BCUT2D eigenvalue weighted by Crippen LogP contribution is -2.46. The number of imidazole rings is 1. The van der Waals surface area contributed by atoms with Gasteiger partial charge in [-0.15, -0.1) is 0 Å². The molecule has 6 rings (SSSR count). The number of halogens is 6. The Bertz CT molecular complexity index is 1890. The summed E-state index contributed by atoms with van der Waals surface area (Å²) in [6, 6.07) is 25.7. The Kier molecular flexibility index (Phi) is 9.48. The SMILES string of the molecule is N#Cc1ccc(N2CCN(Cc3cccc(-c4ccc(-c5nc6ccc(C(F)(F)F)cc6[nH]5)cc4)c3)CC2)nc1.O=C(O)C(F)(F)F. The van der Waals surface area contributed by atoms with Gasteiger partial charge in [0.1, 0.15) is 17.7 Å². The van der Waals surface area contributed by atoms with Crippen LogP contribution in [0, 0.1) is 11.3 Å². The van der Waals surface area contributed by atoms with E-state index in [0.29, 0.717) is 22.4 Å². The number of H-pyrrole nitrogens is 1. The molecule has 2 aromatic heterocycles. The molecule has 1 fully saturated rings. The number of piperazine rings is 1. The number of rotatable bonds is 5. The Hall–Kier alpha value is -5.42. The van der Waals surface area contributed by atoms with Crippen molar-refractivity contribution in [2.45, 2.75) is 18.9 Å². The van der Waals surface area contributed by atoms with E-state index in [1.165, 1.54) is 11.6 Å². The highest BCUT2D eigenvalue weighted by Crippen LogP contribution is 2.32. The van der Waals surface area contributed by atoms with Crippen molar-refractivity contribution in [3.8, 4) is 28.6 Å². The van der Waals surface area contributed by atoms with Crippen LogP contribution in [0.4, 0.5) is 32.2 Å². The van der Waals surface area contributed by atoms with Crippen molar-refractivity contribution >= 4 is 22.8 Å². The minimum atomic E-state index is -5.08. The van der Waals surface area contributed by atoms with E-state index in [-0.39, 0.29) is 0 Å². The van der Waals surface area contributed by atoms with Crippen LogP contribution in [0.2, 0.25) is 0 Å². The zero-order valence-corrected chi connectivity index (χ0v) is 24.5. The van der Waals surface area contributed by atoms with Gasteiger partial charge in [-0.05, 0) is 53.1 Å². The summed E-state index contributed by atoms with van der Waals surface area (Å²) in [7, 11) is 0. The lowest BCUT2D eigenvalue weighted by atomic mass is 10.0. The van der Waals surface area contributed by atoms with Crippen molar-refractivity contribution in [1.82, 2.24) is 19.9 Å². The number of aliphatic carboxylic acids is 1. The number of hydrogen-bond acceptors (Lipinski definition) is 6. The number of benzene rings is 3. The summed E-state index contributed by atoms with van der Waals surface area (Å²) >= 11 is 0. The summed E-state index contributed by atoms with van der Waals surface area (Å²) in [4.78, 5) is 25.5. The highest BCUT2D eigenvalue weighted by atomic mass is 19.4. The average Bonchev–Trinajstić information content (AvgIpc) is 3.49. The third-order valence-corrected chi connectivity index (χ3v) is 7.45. The highest BCUT2D eigenvalue weighted by Gasteiger charge is 2.38. The fourth-order valence-corrected chi connectivity index (χ4v) is 5.02. The lowest BCUT2D eigenvalue weighted by molar-refractivity contribution is -0.192. The quantitative estimate of drug-likeness (QED) is 0.194. The third kappa shape index (κ3) is 8.25. The van der Waals surface area contributed by atoms with E-state index in [1.54, 1.807) is 12.3 Å². The summed E-state index contributed by atoms with van der Waals surface area (Å²) < 4.78 is 70.9. The molecule has 0 aliphatic carbocycles. The smallest absolute Gasteiger partial charge is 0.475 e. The van der Waals surface area contributed by atoms with Gasteiger partial charge in [-0.1, -0.05) is 42.5 Å². The van der Waals surface area contributed by atoms with Gasteiger partial charge in [-0.2, -0.15) is 31.6 Å². The molecule has 2 N–H and O–H groups in total. The van der Waals surface area contributed by atoms with Gasteiger partial charge >= 0.3 is 18.3 Å². The predicted molar refractivity (Wildman–Crippen MR) is 162 cm³/mol. The zero-order chi connectivity index (χ0) is 33.8. The lowest BCUT2D eigenvalue weighted by Gasteiger charge is -2.35. The summed E-state index contributed by atoms with van der Waals surface area (Å²) in [5, 5.41) is 16.1.